The second kappa shape index (κ2) is 11.0. The van der Waals surface area contributed by atoms with Crippen LogP contribution >= 0.6 is 0 Å². The van der Waals surface area contributed by atoms with Gasteiger partial charge in [0.05, 0.1) is 0 Å². The van der Waals surface area contributed by atoms with Gasteiger partial charge in [0, 0.05) is 40.8 Å². The van der Waals surface area contributed by atoms with Gasteiger partial charge in [0.25, 0.3) is 0 Å². The highest BCUT2D eigenvalue weighted by atomic mass is 16.7. The summed E-state index contributed by atoms with van der Waals surface area (Å²) in [7, 11) is 0. The maximum Gasteiger partial charge on any atom is 0.331 e. The third kappa shape index (κ3) is 5.40. The molecule has 0 aliphatic heterocycles. The molecule has 0 fully saturated rings. The molecule has 0 aliphatic carbocycles. The largest absolute Gasteiger partial charge is 0.341 e. The Labute approximate surface area is 205 Å². The number of ketones is 1. The van der Waals surface area contributed by atoms with E-state index in [1.807, 2.05) is 43.3 Å². The predicted octanol–water partition coefficient (Wildman–Crippen LogP) is 7.28. The number of unbranched alkanes of at least 4 members (excludes halogenated alkanes) is 1. The van der Waals surface area contributed by atoms with Gasteiger partial charge < -0.3 is 9.40 Å². The highest BCUT2D eigenvalue weighted by Gasteiger charge is 2.18. The number of oxime groups is 1. The van der Waals surface area contributed by atoms with E-state index in [9.17, 15) is 9.59 Å². The van der Waals surface area contributed by atoms with Gasteiger partial charge in [-0.1, -0.05) is 67.1 Å². The molecule has 5 heteroatoms. The van der Waals surface area contributed by atoms with Crippen molar-refractivity contribution in [2.75, 3.05) is 0 Å². The highest BCUT2D eigenvalue weighted by molar-refractivity contribution is 6.46. The first-order valence-corrected chi connectivity index (χ1v) is 12.1. The van der Waals surface area contributed by atoms with Crippen molar-refractivity contribution in [2.24, 2.45) is 5.16 Å². The number of benzene rings is 3. The van der Waals surface area contributed by atoms with Crippen LogP contribution in [0.1, 0.15) is 61.5 Å². The molecule has 0 atom stereocenters. The first-order valence-electron chi connectivity index (χ1n) is 12.1. The normalized spacial score (nSPS) is 12.0. The maximum absolute atomic E-state index is 13.3. The molecule has 35 heavy (non-hydrogen) atoms. The number of carbonyl (C=O) groups is 2. The first-order chi connectivity index (χ1) is 17.0. The molecule has 0 unspecified atom stereocenters. The zero-order chi connectivity index (χ0) is 24.8. The molecule has 5 nitrogen and oxygen atoms in total. The summed E-state index contributed by atoms with van der Waals surface area (Å²) in [5, 5.41) is 5.99. The molecule has 0 saturated carbocycles. The molecule has 178 valence electrons. The molecule has 0 N–H and O–H groups in total. The Kier molecular flexibility index (Phi) is 7.56. The average molecular weight is 467 g/mol. The lowest BCUT2D eigenvalue weighted by Gasteiger charge is -2.06. The predicted molar refractivity (Wildman–Crippen MR) is 144 cm³/mol. The van der Waals surface area contributed by atoms with Crippen LogP contribution in [0.25, 0.3) is 34.0 Å². The van der Waals surface area contributed by atoms with Crippen molar-refractivity contribution in [1.29, 1.82) is 0 Å². The maximum atomic E-state index is 13.3. The van der Waals surface area contributed by atoms with Crippen molar-refractivity contribution in [3.05, 3.63) is 83.4 Å². The van der Waals surface area contributed by atoms with Gasteiger partial charge in [-0.2, -0.15) is 0 Å². The Bertz CT molecular complexity index is 1430. The van der Waals surface area contributed by atoms with Crippen LogP contribution in [0.4, 0.5) is 0 Å². The van der Waals surface area contributed by atoms with Gasteiger partial charge >= 0.3 is 5.97 Å². The molecule has 4 rings (SSSR count). The van der Waals surface area contributed by atoms with E-state index in [1.165, 1.54) is 6.92 Å². The molecule has 0 spiro atoms. The van der Waals surface area contributed by atoms with Crippen LogP contribution in [0.3, 0.4) is 0 Å². The Balaban J connectivity index is 1.77. The Morgan fingerprint density at radius 2 is 1.57 bits per heavy atom. The third-order valence-corrected chi connectivity index (χ3v) is 6.05. The fourth-order valence-corrected chi connectivity index (χ4v) is 4.29. The van der Waals surface area contributed by atoms with Crippen molar-refractivity contribution < 1.29 is 14.4 Å². The lowest BCUT2D eigenvalue weighted by Crippen LogP contribution is -2.15. The summed E-state index contributed by atoms with van der Waals surface area (Å²) in [6, 6.07) is 22.4. The van der Waals surface area contributed by atoms with E-state index in [0.717, 1.165) is 52.3 Å². The number of Topliss-reactive ketones (excluding diaryl/α,β-unsaturated/α-hetero) is 1. The lowest BCUT2D eigenvalue weighted by atomic mass is 10.00. The van der Waals surface area contributed by atoms with Gasteiger partial charge in [0.15, 0.2) is 0 Å². The van der Waals surface area contributed by atoms with Crippen LogP contribution < -0.4 is 0 Å². The Morgan fingerprint density at radius 1 is 0.886 bits per heavy atom. The van der Waals surface area contributed by atoms with E-state index in [-0.39, 0.29) is 11.5 Å². The topological polar surface area (TPSA) is 60.7 Å². The fraction of sp³-hybridized carbons (Fsp3) is 0.233. The van der Waals surface area contributed by atoms with Gasteiger partial charge in [0.2, 0.25) is 5.78 Å². The smallest absolute Gasteiger partial charge is 0.331 e. The molecule has 0 amide bonds. The van der Waals surface area contributed by atoms with E-state index >= 15 is 0 Å². The number of nitrogens with zero attached hydrogens (tertiary/aromatic N) is 2. The van der Waals surface area contributed by atoms with E-state index < -0.39 is 5.97 Å². The molecule has 0 radical (unpaired) electrons. The molecule has 3 aromatic carbocycles. The van der Waals surface area contributed by atoms with Crippen LogP contribution in [0.5, 0.6) is 0 Å². The third-order valence-electron chi connectivity index (χ3n) is 6.05. The van der Waals surface area contributed by atoms with Gasteiger partial charge in [-0.15, -0.1) is 0 Å². The number of rotatable bonds is 9. The van der Waals surface area contributed by atoms with Crippen LogP contribution in [0, 0.1) is 0 Å². The van der Waals surface area contributed by atoms with E-state index in [0.29, 0.717) is 12.0 Å². The summed E-state index contributed by atoms with van der Waals surface area (Å²) in [6.45, 7) is 6.27. The van der Waals surface area contributed by atoms with E-state index in [1.54, 1.807) is 0 Å². The summed E-state index contributed by atoms with van der Waals surface area (Å²) in [5.41, 5.74) is 5.25. The number of hydrogen-bond acceptors (Lipinski definition) is 4. The molecule has 0 saturated heterocycles. The summed E-state index contributed by atoms with van der Waals surface area (Å²) in [5.74, 6) is -0.747. The van der Waals surface area contributed by atoms with Crippen molar-refractivity contribution in [3.63, 3.8) is 0 Å². The Morgan fingerprint density at radius 3 is 2.26 bits per heavy atom. The zero-order valence-corrected chi connectivity index (χ0v) is 20.5. The quantitative estimate of drug-likeness (QED) is 0.0856. The van der Waals surface area contributed by atoms with Gasteiger partial charge in [0.1, 0.15) is 5.71 Å². The minimum Gasteiger partial charge on any atom is -0.341 e. The van der Waals surface area contributed by atoms with Gasteiger partial charge in [-0.25, -0.2) is 4.79 Å². The highest BCUT2D eigenvalue weighted by Crippen LogP contribution is 2.31. The van der Waals surface area contributed by atoms with Crippen LogP contribution in [0.15, 0.2) is 71.9 Å². The van der Waals surface area contributed by atoms with Gasteiger partial charge in [-0.05, 0) is 61.2 Å². The fourth-order valence-electron chi connectivity index (χ4n) is 4.29. The summed E-state index contributed by atoms with van der Waals surface area (Å²) in [4.78, 5) is 29.4. The molecular formula is C30H30N2O3. The number of hydrogen-bond donors (Lipinski definition) is 0. The zero-order valence-electron chi connectivity index (χ0n) is 20.5. The van der Waals surface area contributed by atoms with Crippen molar-refractivity contribution in [3.8, 4) is 0 Å². The van der Waals surface area contributed by atoms with Gasteiger partial charge in [-0.3, -0.25) is 4.79 Å². The number of fused-ring (bicyclic) bond motifs is 3. The molecule has 1 aromatic heterocycles. The molecular weight excluding hydrogens is 436 g/mol. The number of carbonyl (C=O) groups excluding carboxylic acids is 2. The number of aromatic nitrogens is 1. The van der Waals surface area contributed by atoms with Crippen LogP contribution in [0.2, 0.25) is 0 Å². The monoisotopic (exact) mass is 466 g/mol. The average Bonchev–Trinajstić information content (AvgIpc) is 3.19. The minimum atomic E-state index is -0.538. The molecule has 0 aliphatic rings. The van der Waals surface area contributed by atoms with Crippen LogP contribution in [-0.4, -0.2) is 22.0 Å². The second-order valence-electron chi connectivity index (χ2n) is 8.55. The second-order valence-corrected chi connectivity index (χ2v) is 8.55. The molecule has 0 bridgehead atoms. The molecule has 1 heterocycles. The Hall–Kier alpha value is -3.99. The first kappa shape index (κ1) is 24.1. The van der Waals surface area contributed by atoms with Crippen molar-refractivity contribution in [2.45, 2.75) is 46.6 Å². The standard InChI is InChI=1S/C30H30N2O3/c1-4-6-12-27(31-35-21(3)33)30(34)24-16-18-29-26(20-24)25-19-23(15-17-28(25)32(29)5-2)14-13-22-10-8-7-9-11-22/h7-11,13-20H,4-6,12H2,1-3H3. The SMILES string of the molecule is CCCCC(=NOC(C)=O)C(=O)c1ccc2c(c1)c1cc(C=Cc3ccccc3)ccc1n2CC. The van der Waals surface area contributed by atoms with Crippen molar-refractivity contribution >= 4 is 51.4 Å². The minimum absolute atomic E-state index is 0.209. The van der Waals surface area contributed by atoms with Crippen molar-refractivity contribution in [1.82, 2.24) is 4.57 Å². The summed E-state index contributed by atoms with van der Waals surface area (Å²) >= 11 is 0. The summed E-state index contributed by atoms with van der Waals surface area (Å²) in [6.07, 6.45) is 6.37. The summed E-state index contributed by atoms with van der Waals surface area (Å²) < 4.78 is 2.26. The molecule has 4 aromatic rings. The number of aryl methyl sites for hydroxylation is 1. The van der Waals surface area contributed by atoms with Crippen LogP contribution in [-0.2, 0) is 16.2 Å². The van der Waals surface area contributed by atoms with E-state index in [4.69, 9.17) is 4.84 Å². The van der Waals surface area contributed by atoms with E-state index in [2.05, 4.69) is 59.1 Å². The lowest BCUT2D eigenvalue weighted by molar-refractivity contribution is -0.140.